The molecule has 2 nitrogen and oxygen atoms in total. The van der Waals surface area contributed by atoms with Gasteiger partial charge in [-0.25, -0.2) is 0 Å². The van der Waals surface area contributed by atoms with E-state index < -0.39 is 0 Å². The van der Waals surface area contributed by atoms with Gasteiger partial charge < -0.3 is 5.32 Å². The fraction of sp³-hybridized carbons (Fsp3) is 0.364. The highest BCUT2D eigenvalue weighted by Gasteiger charge is 2.11. The Morgan fingerprint density at radius 3 is 2.73 bits per heavy atom. The van der Waals surface area contributed by atoms with Crippen LogP contribution in [0, 0.1) is 6.92 Å². The lowest BCUT2D eigenvalue weighted by atomic mass is 10.2. The van der Waals surface area contributed by atoms with E-state index in [-0.39, 0.29) is 11.2 Å². The molecule has 4 heteroatoms. The molecule has 0 spiro atoms. The van der Waals surface area contributed by atoms with Gasteiger partial charge in [0.15, 0.2) is 0 Å². The minimum atomic E-state index is -0.0195. The third kappa shape index (κ3) is 3.54. The van der Waals surface area contributed by atoms with Crippen molar-refractivity contribution < 1.29 is 4.79 Å². The maximum atomic E-state index is 11.6. The average molecular weight is 288 g/mol. The highest BCUT2D eigenvalue weighted by molar-refractivity contribution is 9.10. The molecule has 1 N–H and O–H groups in total. The van der Waals surface area contributed by atoms with Gasteiger partial charge in [0.05, 0.1) is 5.25 Å². The molecule has 0 aromatic heterocycles. The summed E-state index contributed by atoms with van der Waals surface area (Å²) in [6, 6.07) is 5.78. The fourth-order valence-electron chi connectivity index (χ4n) is 1.07. The summed E-state index contributed by atoms with van der Waals surface area (Å²) in [6.07, 6.45) is 1.93. The minimum absolute atomic E-state index is 0.0195. The number of carbonyl (C=O) groups is 1. The van der Waals surface area contributed by atoms with Crippen LogP contribution in [0.5, 0.6) is 0 Å². The maximum absolute atomic E-state index is 11.6. The summed E-state index contributed by atoms with van der Waals surface area (Å²) in [5.74, 6) is 0.0456. The predicted octanol–water partition coefficient (Wildman–Crippen LogP) is 3.45. The Kier molecular flexibility index (Phi) is 4.67. The standard InChI is InChI=1S/C11H14BrNOS/c1-7-6-9(4-5-10(7)12)13-11(14)8(2)15-3/h4-6,8H,1-3H3,(H,13,14). The monoisotopic (exact) mass is 287 g/mol. The van der Waals surface area contributed by atoms with E-state index in [2.05, 4.69) is 21.2 Å². The third-order valence-corrected chi connectivity index (χ3v) is 3.96. The van der Waals surface area contributed by atoms with E-state index in [1.807, 2.05) is 38.3 Å². The highest BCUT2D eigenvalue weighted by Crippen LogP contribution is 2.20. The van der Waals surface area contributed by atoms with Crippen LogP contribution in [0.3, 0.4) is 0 Å². The minimum Gasteiger partial charge on any atom is -0.325 e. The van der Waals surface area contributed by atoms with Gasteiger partial charge in [-0.05, 0) is 43.9 Å². The van der Waals surface area contributed by atoms with Crippen molar-refractivity contribution >= 4 is 39.3 Å². The normalized spacial score (nSPS) is 12.3. The lowest BCUT2D eigenvalue weighted by Crippen LogP contribution is -2.22. The number of carbonyl (C=O) groups excluding carboxylic acids is 1. The van der Waals surface area contributed by atoms with E-state index in [1.54, 1.807) is 0 Å². The predicted molar refractivity (Wildman–Crippen MR) is 70.5 cm³/mol. The molecule has 0 heterocycles. The Hall–Kier alpha value is -0.480. The van der Waals surface area contributed by atoms with Gasteiger partial charge in [-0.2, -0.15) is 11.8 Å². The average Bonchev–Trinajstić information content (AvgIpc) is 2.22. The molecule has 1 atom stereocenters. The third-order valence-electron chi connectivity index (χ3n) is 2.15. The lowest BCUT2D eigenvalue weighted by Gasteiger charge is -2.10. The number of aryl methyl sites for hydroxylation is 1. The second-order valence-electron chi connectivity index (χ2n) is 3.33. The number of amides is 1. The van der Waals surface area contributed by atoms with E-state index >= 15 is 0 Å². The molecule has 0 fully saturated rings. The van der Waals surface area contributed by atoms with Crippen LogP contribution in [0.25, 0.3) is 0 Å². The molecule has 1 amide bonds. The first-order chi connectivity index (χ1) is 7.04. The zero-order valence-electron chi connectivity index (χ0n) is 9.00. The van der Waals surface area contributed by atoms with Crippen LogP contribution in [-0.2, 0) is 4.79 Å². The molecule has 1 rings (SSSR count). The van der Waals surface area contributed by atoms with Crippen LogP contribution >= 0.6 is 27.7 Å². The van der Waals surface area contributed by atoms with Crippen LogP contribution in [-0.4, -0.2) is 17.4 Å². The molecule has 0 aliphatic carbocycles. The number of hydrogen-bond donors (Lipinski definition) is 1. The van der Waals surface area contributed by atoms with Gasteiger partial charge in [-0.15, -0.1) is 0 Å². The van der Waals surface area contributed by atoms with Crippen molar-refractivity contribution in [3.63, 3.8) is 0 Å². The molecule has 1 aromatic rings. The van der Waals surface area contributed by atoms with E-state index in [9.17, 15) is 4.79 Å². The second-order valence-corrected chi connectivity index (χ2v) is 5.36. The molecule has 0 aliphatic rings. The first-order valence-electron chi connectivity index (χ1n) is 4.64. The topological polar surface area (TPSA) is 29.1 Å². The van der Waals surface area contributed by atoms with Crippen LogP contribution < -0.4 is 5.32 Å². The first kappa shape index (κ1) is 12.6. The van der Waals surface area contributed by atoms with Crippen molar-refractivity contribution in [3.05, 3.63) is 28.2 Å². The Labute approximate surface area is 103 Å². The van der Waals surface area contributed by atoms with Gasteiger partial charge >= 0.3 is 0 Å². The summed E-state index contributed by atoms with van der Waals surface area (Å²) in [5.41, 5.74) is 1.96. The number of halogens is 1. The number of hydrogen-bond acceptors (Lipinski definition) is 2. The molecule has 0 radical (unpaired) electrons. The summed E-state index contributed by atoms with van der Waals surface area (Å²) >= 11 is 4.96. The van der Waals surface area contributed by atoms with Gasteiger partial charge in [0, 0.05) is 10.2 Å². The molecular formula is C11H14BrNOS. The van der Waals surface area contributed by atoms with Crippen LogP contribution in [0.15, 0.2) is 22.7 Å². The smallest absolute Gasteiger partial charge is 0.237 e. The fourth-order valence-corrected chi connectivity index (χ4v) is 1.59. The molecule has 0 aliphatic heterocycles. The van der Waals surface area contributed by atoms with Crippen molar-refractivity contribution in [1.82, 2.24) is 0 Å². The molecule has 1 unspecified atom stereocenters. The second kappa shape index (κ2) is 5.56. The Bertz CT molecular complexity index is 368. The lowest BCUT2D eigenvalue weighted by molar-refractivity contribution is -0.115. The number of thioether (sulfide) groups is 1. The highest BCUT2D eigenvalue weighted by atomic mass is 79.9. The van der Waals surface area contributed by atoms with E-state index in [4.69, 9.17) is 0 Å². The van der Waals surface area contributed by atoms with Crippen molar-refractivity contribution in [2.45, 2.75) is 19.1 Å². The van der Waals surface area contributed by atoms with E-state index in [0.29, 0.717) is 0 Å². The van der Waals surface area contributed by atoms with Crippen LogP contribution in [0.2, 0.25) is 0 Å². The van der Waals surface area contributed by atoms with Crippen LogP contribution in [0.1, 0.15) is 12.5 Å². The Balaban J connectivity index is 2.73. The van der Waals surface area contributed by atoms with Gasteiger partial charge in [-0.3, -0.25) is 4.79 Å². The quantitative estimate of drug-likeness (QED) is 0.923. The van der Waals surface area contributed by atoms with Gasteiger partial charge in [-0.1, -0.05) is 15.9 Å². The van der Waals surface area contributed by atoms with Crippen molar-refractivity contribution in [1.29, 1.82) is 0 Å². The molecule has 0 bridgehead atoms. The van der Waals surface area contributed by atoms with E-state index in [0.717, 1.165) is 15.7 Å². The number of benzene rings is 1. The number of anilines is 1. The summed E-state index contributed by atoms with van der Waals surface area (Å²) in [5, 5.41) is 2.86. The Morgan fingerprint density at radius 2 is 2.20 bits per heavy atom. The zero-order valence-corrected chi connectivity index (χ0v) is 11.4. The van der Waals surface area contributed by atoms with Gasteiger partial charge in [0.1, 0.15) is 0 Å². The van der Waals surface area contributed by atoms with Crippen molar-refractivity contribution in [2.24, 2.45) is 0 Å². The first-order valence-corrected chi connectivity index (χ1v) is 6.72. The molecule has 82 valence electrons. The van der Waals surface area contributed by atoms with Crippen LogP contribution in [0.4, 0.5) is 5.69 Å². The van der Waals surface area contributed by atoms with Gasteiger partial charge in [0.25, 0.3) is 0 Å². The largest absolute Gasteiger partial charge is 0.325 e. The zero-order chi connectivity index (χ0) is 11.4. The van der Waals surface area contributed by atoms with Crippen molar-refractivity contribution in [2.75, 3.05) is 11.6 Å². The summed E-state index contributed by atoms with van der Waals surface area (Å²) < 4.78 is 1.05. The maximum Gasteiger partial charge on any atom is 0.237 e. The number of rotatable bonds is 3. The SMILES string of the molecule is CSC(C)C(=O)Nc1ccc(Br)c(C)c1. The molecule has 1 aromatic carbocycles. The molecule has 15 heavy (non-hydrogen) atoms. The summed E-state index contributed by atoms with van der Waals surface area (Å²) in [6.45, 7) is 3.89. The Morgan fingerprint density at radius 1 is 1.53 bits per heavy atom. The van der Waals surface area contributed by atoms with Crippen molar-refractivity contribution in [3.8, 4) is 0 Å². The summed E-state index contributed by atoms with van der Waals surface area (Å²) in [7, 11) is 0. The van der Waals surface area contributed by atoms with E-state index in [1.165, 1.54) is 11.8 Å². The molecule has 0 saturated carbocycles. The number of nitrogens with one attached hydrogen (secondary N) is 1. The molecule has 0 saturated heterocycles. The molecular weight excluding hydrogens is 274 g/mol. The summed E-state index contributed by atoms with van der Waals surface area (Å²) in [4.78, 5) is 11.6. The van der Waals surface area contributed by atoms with Gasteiger partial charge in [0.2, 0.25) is 5.91 Å².